The highest BCUT2D eigenvalue weighted by Crippen LogP contribution is 2.37. The summed E-state index contributed by atoms with van der Waals surface area (Å²) in [5.41, 5.74) is 3.42. The van der Waals surface area contributed by atoms with Gasteiger partial charge in [0.2, 0.25) is 11.8 Å². The fraction of sp³-hybridized carbons (Fsp3) is 0.312. The summed E-state index contributed by atoms with van der Waals surface area (Å²) in [6.07, 6.45) is 0.205. The molecule has 2 aromatic rings. The Morgan fingerprint density at radius 3 is 3.04 bits per heavy atom. The number of carbonyl (C=O) groups excluding carboxylic acids is 2. The molecule has 0 bridgehead atoms. The Morgan fingerprint density at radius 2 is 2.35 bits per heavy atom. The van der Waals surface area contributed by atoms with E-state index in [1.165, 1.54) is 11.3 Å². The summed E-state index contributed by atoms with van der Waals surface area (Å²) in [5, 5.41) is 5.36. The number of benzene rings is 1. The van der Waals surface area contributed by atoms with Crippen LogP contribution >= 0.6 is 22.9 Å². The molecule has 0 radical (unpaired) electrons. The van der Waals surface area contributed by atoms with Crippen LogP contribution in [0.4, 0.5) is 0 Å². The molecule has 2 amide bonds. The Labute approximate surface area is 143 Å². The predicted molar refractivity (Wildman–Crippen MR) is 89.0 cm³/mol. The first-order chi connectivity index (χ1) is 11.1. The van der Waals surface area contributed by atoms with E-state index >= 15 is 0 Å². The van der Waals surface area contributed by atoms with Crippen molar-refractivity contribution < 1.29 is 9.59 Å². The van der Waals surface area contributed by atoms with Crippen LogP contribution in [-0.4, -0.2) is 28.7 Å². The highest BCUT2D eigenvalue weighted by molar-refractivity contribution is 7.07. The fourth-order valence-corrected chi connectivity index (χ4v) is 3.64. The van der Waals surface area contributed by atoms with E-state index in [2.05, 4.69) is 10.3 Å². The molecule has 2 unspecified atom stereocenters. The van der Waals surface area contributed by atoms with Gasteiger partial charge in [0, 0.05) is 23.9 Å². The number of nitrogens with one attached hydrogen (secondary N) is 1. The summed E-state index contributed by atoms with van der Waals surface area (Å²) in [6, 6.07) is 7.02. The van der Waals surface area contributed by atoms with E-state index in [9.17, 15) is 9.59 Å². The zero-order valence-electron chi connectivity index (χ0n) is 12.5. The molecule has 1 N–H and O–H groups in total. The maximum atomic E-state index is 12.6. The number of likely N-dealkylation sites (tertiary alicyclic amines) is 1. The summed E-state index contributed by atoms with van der Waals surface area (Å²) < 4.78 is 0. The van der Waals surface area contributed by atoms with E-state index < -0.39 is 5.92 Å². The van der Waals surface area contributed by atoms with Crippen LogP contribution in [0.2, 0.25) is 5.02 Å². The molecular weight excluding hydrogens is 334 g/mol. The molecule has 23 heavy (non-hydrogen) atoms. The second-order valence-electron chi connectivity index (χ2n) is 5.51. The van der Waals surface area contributed by atoms with Crippen LogP contribution in [0.1, 0.15) is 23.7 Å². The molecule has 0 aliphatic carbocycles. The molecule has 120 valence electrons. The minimum absolute atomic E-state index is 0.0382. The zero-order valence-corrected chi connectivity index (χ0v) is 14.1. The van der Waals surface area contributed by atoms with Gasteiger partial charge in [0.25, 0.3) is 0 Å². The number of aromatic nitrogens is 1. The van der Waals surface area contributed by atoms with Crippen LogP contribution in [0.5, 0.6) is 0 Å². The molecule has 2 atom stereocenters. The molecule has 0 saturated carbocycles. The quantitative estimate of drug-likeness (QED) is 0.923. The van der Waals surface area contributed by atoms with E-state index in [1.807, 2.05) is 23.6 Å². The van der Waals surface area contributed by atoms with Crippen molar-refractivity contribution in [1.29, 1.82) is 0 Å². The largest absolute Gasteiger partial charge is 0.350 e. The van der Waals surface area contributed by atoms with Crippen molar-refractivity contribution in [2.75, 3.05) is 7.05 Å². The summed E-state index contributed by atoms with van der Waals surface area (Å²) >= 11 is 7.54. The lowest BCUT2D eigenvalue weighted by molar-refractivity contribution is -0.128. The van der Waals surface area contributed by atoms with Crippen LogP contribution in [0, 0.1) is 5.92 Å². The minimum Gasteiger partial charge on any atom is -0.350 e. The lowest BCUT2D eigenvalue weighted by atomic mass is 9.93. The predicted octanol–water partition coefficient (Wildman–Crippen LogP) is 2.63. The number of carbonyl (C=O) groups is 2. The molecule has 2 heterocycles. The normalized spacial score (nSPS) is 20.8. The Balaban J connectivity index is 1.78. The summed E-state index contributed by atoms with van der Waals surface area (Å²) in [4.78, 5) is 30.4. The van der Waals surface area contributed by atoms with Crippen molar-refractivity contribution >= 4 is 34.8 Å². The maximum absolute atomic E-state index is 12.6. The first-order valence-electron chi connectivity index (χ1n) is 7.22. The Bertz CT molecular complexity index is 720. The molecule has 1 aliphatic heterocycles. The van der Waals surface area contributed by atoms with Crippen LogP contribution in [-0.2, 0) is 16.1 Å². The number of hydrogen-bond acceptors (Lipinski definition) is 4. The smallest absolute Gasteiger partial charge is 0.226 e. The van der Waals surface area contributed by atoms with Gasteiger partial charge in [0.15, 0.2) is 0 Å². The Kier molecular flexibility index (Phi) is 4.63. The molecule has 1 aromatic heterocycles. The van der Waals surface area contributed by atoms with Crippen molar-refractivity contribution in [3.63, 3.8) is 0 Å². The van der Waals surface area contributed by atoms with Gasteiger partial charge in [0.05, 0.1) is 29.7 Å². The minimum atomic E-state index is -0.426. The summed E-state index contributed by atoms with van der Waals surface area (Å²) in [5.74, 6) is -0.603. The molecule has 1 saturated heterocycles. The van der Waals surface area contributed by atoms with E-state index in [0.29, 0.717) is 11.6 Å². The number of halogens is 1. The molecule has 3 rings (SSSR count). The van der Waals surface area contributed by atoms with Crippen molar-refractivity contribution in [3.8, 4) is 0 Å². The van der Waals surface area contributed by atoms with Gasteiger partial charge in [-0.15, -0.1) is 11.3 Å². The third-order valence-corrected chi connectivity index (χ3v) is 4.91. The van der Waals surface area contributed by atoms with E-state index in [-0.39, 0.29) is 24.3 Å². The second-order valence-corrected chi connectivity index (χ2v) is 6.67. The van der Waals surface area contributed by atoms with E-state index in [0.717, 1.165) is 11.3 Å². The van der Waals surface area contributed by atoms with Gasteiger partial charge < -0.3 is 10.2 Å². The third kappa shape index (κ3) is 3.38. The standard InChI is InChI=1S/C16H16ClN3O2S/c1-20-14(21)6-13(15(20)10-3-2-4-11(17)5-10)16(22)18-7-12-8-23-9-19-12/h2-5,8-9,13,15H,6-7H2,1H3,(H,18,22). The lowest BCUT2D eigenvalue weighted by Crippen LogP contribution is -2.34. The summed E-state index contributed by atoms with van der Waals surface area (Å²) in [6.45, 7) is 0.374. The second kappa shape index (κ2) is 6.68. The average molecular weight is 350 g/mol. The van der Waals surface area contributed by atoms with E-state index in [4.69, 9.17) is 11.6 Å². The Hall–Kier alpha value is -1.92. The van der Waals surface area contributed by atoms with Gasteiger partial charge in [-0.2, -0.15) is 0 Å². The Morgan fingerprint density at radius 1 is 1.52 bits per heavy atom. The maximum Gasteiger partial charge on any atom is 0.226 e. The van der Waals surface area contributed by atoms with Crippen LogP contribution < -0.4 is 5.32 Å². The topological polar surface area (TPSA) is 62.3 Å². The molecule has 1 fully saturated rings. The van der Waals surface area contributed by atoms with Gasteiger partial charge in [-0.05, 0) is 17.7 Å². The van der Waals surface area contributed by atoms with Crippen LogP contribution in [0.3, 0.4) is 0 Å². The summed E-state index contributed by atoms with van der Waals surface area (Å²) in [7, 11) is 1.72. The molecule has 1 aromatic carbocycles. The van der Waals surface area contributed by atoms with Crippen molar-refractivity contribution in [2.45, 2.75) is 19.0 Å². The number of hydrogen-bond donors (Lipinski definition) is 1. The number of thiazole rings is 1. The molecular formula is C16H16ClN3O2S. The monoisotopic (exact) mass is 349 g/mol. The molecule has 0 spiro atoms. The van der Waals surface area contributed by atoms with Crippen LogP contribution in [0.25, 0.3) is 0 Å². The highest BCUT2D eigenvalue weighted by Gasteiger charge is 2.42. The number of amides is 2. The number of rotatable bonds is 4. The van der Waals surface area contributed by atoms with E-state index in [1.54, 1.807) is 23.5 Å². The van der Waals surface area contributed by atoms with Gasteiger partial charge in [-0.25, -0.2) is 4.98 Å². The van der Waals surface area contributed by atoms with Crippen molar-refractivity contribution in [3.05, 3.63) is 51.4 Å². The van der Waals surface area contributed by atoms with Crippen LogP contribution in [0.15, 0.2) is 35.2 Å². The zero-order chi connectivity index (χ0) is 16.4. The third-order valence-electron chi connectivity index (χ3n) is 4.04. The van der Waals surface area contributed by atoms with Crippen molar-refractivity contribution in [2.24, 2.45) is 5.92 Å². The highest BCUT2D eigenvalue weighted by atomic mass is 35.5. The SMILES string of the molecule is CN1C(=O)CC(C(=O)NCc2cscn2)C1c1cccc(Cl)c1. The first-order valence-corrected chi connectivity index (χ1v) is 8.54. The number of nitrogens with zero attached hydrogens (tertiary/aromatic N) is 2. The molecule has 1 aliphatic rings. The average Bonchev–Trinajstić information content (AvgIpc) is 3.14. The fourth-order valence-electron chi connectivity index (χ4n) is 2.88. The first kappa shape index (κ1) is 16.0. The van der Waals surface area contributed by atoms with Gasteiger partial charge in [-0.3, -0.25) is 9.59 Å². The van der Waals surface area contributed by atoms with Gasteiger partial charge >= 0.3 is 0 Å². The van der Waals surface area contributed by atoms with Crippen molar-refractivity contribution in [1.82, 2.24) is 15.2 Å². The molecule has 5 nitrogen and oxygen atoms in total. The lowest BCUT2D eigenvalue weighted by Gasteiger charge is -2.25. The van der Waals surface area contributed by atoms with Gasteiger partial charge in [0.1, 0.15) is 0 Å². The van der Waals surface area contributed by atoms with Gasteiger partial charge in [-0.1, -0.05) is 23.7 Å². The molecule has 7 heteroatoms.